The van der Waals surface area contributed by atoms with Gasteiger partial charge in [-0.05, 0) is 30.3 Å². The van der Waals surface area contributed by atoms with Gasteiger partial charge in [0.1, 0.15) is 23.0 Å². The van der Waals surface area contributed by atoms with Crippen LogP contribution in [0.25, 0.3) is 0 Å². The number of phenols is 2. The van der Waals surface area contributed by atoms with Crippen LogP contribution in [-0.2, 0) is 10.3 Å². The van der Waals surface area contributed by atoms with Crippen molar-refractivity contribution in [1.29, 1.82) is 0 Å². The summed E-state index contributed by atoms with van der Waals surface area (Å²) in [5, 5.41) is 26.8. The smallest absolute Gasteiger partial charge is 0.401 e. The quantitative estimate of drug-likeness (QED) is 0.366. The van der Waals surface area contributed by atoms with Gasteiger partial charge in [0, 0.05) is 40.4 Å². The Kier molecular flexibility index (Phi) is 4.32. The number of phenolic OH excluding ortho intramolecular Hbond substituents is 2. The number of fused-ring (bicyclic) bond motifs is 6. The molecule has 0 radical (unpaired) electrons. The maximum absolute atomic E-state index is 12.5. The number of carbonyl (C=O) groups is 2. The highest BCUT2D eigenvalue weighted by molar-refractivity contribution is 6.60. The highest BCUT2D eigenvalue weighted by Crippen LogP contribution is 2.56. The van der Waals surface area contributed by atoms with Gasteiger partial charge in [0.25, 0.3) is 0 Å². The van der Waals surface area contributed by atoms with Crippen molar-refractivity contribution in [1.82, 2.24) is 0 Å². The maximum atomic E-state index is 12.5. The van der Waals surface area contributed by atoms with Crippen LogP contribution in [0.15, 0.2) is 60.7 Å². The number of carbonyl (C=O) groups excluding carboxylic acids is 1. The molecule has 0 unspecified atom stereocenters. The summed E-state index contributed by atoms with van der Waals surface area (Å²) in [5.74, 6) is 0.408. The van der Waals surface area contributed by atoms with E-state index >= 15 is 0 Å². The van der Waals surface area contributed by atoms with Crippen molar-refractivity contribution >= 4 is 23.0 Å². The van der Waals surface area contributed by atoms with Crippen molar-refractivity contribution in [2.24, 2.45) is 0 Å². The van der Waals surface area contributed by atoms with E-state index in [4.69, 9.17) is 19.4 Å². The Morgan fingerprint density at radius 1 is 0.862 bits per heavy atom. The van der Waals surface area contributed by atoms with Crippen molar-refractivity contribution < 1.29 is 34.4 Å². The number of rotatable bonds is 0. The zero-order chi connectivity index (χ0) is 20.8. The molecule has 3 N–H and O–H groups in total. The first-order valence-corrected chi connectivity index (χ1v) is 8.77. The average Bonchev–Trinajstić information content (AvgIpc) is 2.95. The van der Waals surface area contributed by atoms with Gasteiger partial charge in [-0.15, -0.1) is 0 Å². The van der Waals surface area contributed by atoms with Crippen LogP contribution >= 0.6 is 11.6 Å². The summed E-state index contributed by atoms with van der Waals surface area (Å²) in [6.45, 7) is 0. The summed E-state index contributed by atoms with van der Waals surface area (Å²) in [6.07, 6.45) is 0. The Morgan fingerprint density at radius 3 is 1.93 bits per heavy atom. The second-order valence-electron chi connectivity index (χ2n) is 6.33. The molecular formula is C21H13ClO7. The second kappa shape index (κ2) is 6.72. The van der Waals surface area contributed by atoms with Crippen LogP contribution in [0.5, 0.6) is 23.0 Å². The molecule has 0 aromatic heterocycles. The van der Waals surface area contributed by atoms with Gasteiger partial charge < -0.3 is 24.8 Å². The lowest BCUT2D eigenvalue weighted by Gasteiger charge is -2.36. The van der Waals surface area contributed by atoms with Gasteiger partial charge in [-0.25, -0.2) is 9.59 Å². The Balaban J connectivity index is 0.000000472. The normalized spacial score (nSPS) is 14.4. The Morgan fingerprint density at radius 2 is 1.38 bits per heavy atom. The summed E-state index contributed by atoms with van der Waals surface area (Å²) in [7, 11) is 0. The van der Waals surface area contributed by atoms with Gasteiger partial charge in [0.15, 0.2) is 5.60 Å². The molecule has 0 aliphatic carbocycles. The van der Waals surface area contributed by atoms with Gasteiger partial charge in [-0.3, -0.25) is 0 Å². The molecule has 29 heavy (non-hydrogen) atoms. The van der Waals surface area contributed by atoms with E-state index < -0.39 is 17.0 Å². The van der Waals surface area contributed by atoms with Crippen LogP contribution in [0.3, 0.4) is 0 Å². The monoisotopic (exact) mass is 412 g/mol. The molecule has 3 aromatic carbocycles. The lowest BCUT2D eigenvalue weighted by molar-refractivity contribution is 0.0224. The van der Waals surface area contributed by atoms with Crippen LogP contribution in [0, 0.1) is 0 Å². The molecular weight excluding hydrogens is 400 g/mol. The number of esters is 1. The summed E-state index contributed by atoms with van der Waals surface area (Å²) in [5.41, 5.74) is -0.0777. The third-order valence-electron chi connectivity index (χ3n) is 4.68. The van der Waals surface area contributed by atoms with E-state index in [1.807, 2.05) is 12.1 Å². The van der Waals surface area contributed by atoms with E-state index in [-0.39, 0.29) is 11.5 Å². The number of carboxylic acid groups (broad SMARTS) is 1. The minimum atomic E-state index is -1.36. The van der Waals surface area contributed by atoms with Crippen molar-refractivity contribution in [3.8, 4) is 23.0 Å². The molecule has 0 saturated heterocycles. The van der Waals surface area contributed by atoms with Crippen LogP contribution in [-0.4, -0.2) is 26.7 Å². The van der Waals surface area contributed by atoms with Crippen LogP contribution in [0.1, 0.15) is 27.0 Å². The first kappa shape index (κ1) is 18.6. The number of benzene rings is 3. The standard InChI is InChI=1S/C20H12O5.CHClO2/c21-11-5-7-15-17(9-11)24-18-10-12(22)6-8-16(18)20(15)14-4-2-1-3-13(14)19(23)25-20;2-1(3)4/h1-10,21-22H;(H,3,4). The fraction of sp³-hybridized carbons (Fsp3) is 0.0476. The predicted octanol–water partition coefficient (Wildman–Crippen LogP) is 4.57. The molecule has 3 aromatic rings. The third-order valence-corrected chi connectivity index (χ3v) is 4.68. The number of hydrogen-bond donors (Lipinski definition) is 3. The van der Waals surface area contributed by atoms with Crippen molar-refractivity contribution in [2.75, 3.05) is 0 Å². The molecule has 146 valence electrons. The van der Waals surface area contributed by atoms with E-state index in [0.717, 1.165) is 0 Å². The molecule has 2 heterocycles. The molecule has 5 rings (SSSR count). The van der Waals surface area contributed by atoms with Crippen LogP contribution in [0.4, 0.5) is 4.79 Å². The number of hydrogen-bond acceptors (Lipinski definition) is 6. The molecule has 8 heteroatoms. The maximum Gasteiger partial charge on any atom is 0.401 e. The Bertz CT molecular complexity index is 1100. The van der Waals surface area contributed by atoms with E-state index in [2.05, 4.69) is 11.6 Å². The average molecular weight is 413 g/mol. The Labute approximate surface area is 169 Å². The summed E-state index contributed by atoms with van der Waals surface area (Å²) < 4.78 is 11.8. The molecule has 2 aliphatic heterocycles. The topological polar surface area (TPSA) is 113 Å². The molecule has 0 atom stereocenters. The second-order valence-corrected chi connectivity index (χ2v) is 6.66. The molecule has 1 spiro atoms. The van der Waals surface area contributed by atoms with Gasteiger partial charge in [0.2, 0.25) is 0 Å². The van der Waals surface area contributed by atoms with Gasteiger partial charge in [-0.1, -0.05) is 18.2 Å². The SMILES string of the molecule is O=C(O)Cl.O=C1OC2(c3ccc(O)cc3Oc3cc(O)ccc32)c2ccccc21. The van der Waals surface area contributed by atoms with Crippen molar-refractivity contribution in [3.63, 3.8) is 0 Å². The van der Waals surface area contributed by atoms with Gasteiger partial charge in [-0.2, -0.15) is 0 Å². The molecule has 0 bridgehead atoms. The van der Waals surface area contributed by atoms with E-state index in [0.29, 0.717) is 33.8 Å². The zero-order valence-electron chi connectivity index (χ0n) is 14.6. The third kappa shape index (κ3) is 2.92. The van der Waals surface area contributed by atoms with Crippen LogP contribution < -0.4 is 4.74 Å². The molecule has 0 saturated carbocycles. The van der Waals surface area contributed by atoms with E-state index in [1.165, 1.54) is 24.3 Å². The number of halogens is 1. The van der Waals surface area contributed by atoms with E-state index in [9.17, 15) is 15.0 Å². The zero-order valence-corrected chi connectivity index (χ0v) is 15.4. The fourth-order valence-corrected chi connectivity index (χ4v) is 3.65. The fourth-order valence-electron chi connectivity index (χ4n) is 3.65. The number of aromatic hydroxyl groups is 2. The lowest BCUT2D eigenvalue weighted by atomic mass is 9.77. The summed E-state index contributed by atoms with van der Waals surface area (Å²) in [4.78, 5) is 21.3. The minimum absolute atomic E-state index is 0.0371. The van der Waals surface area contributed by atoms with Crippen LogP contribution in [0.2, 0.25) is 0 Å². The molecule has 7 nitrogen and oxygen atoms in total. The Hall–Kier alpha value is -3.71. The molecule has 0 fully saturated rings. The first-order chi connectivity index (χ1) is 13.8. The van der Waals surface area contributed by atoms with Gasteiger partial charge in [0.05, 0.1) is 5.56 Å². The summed E-state index contributed by atoms with van der Waals surface area (Å²) >= 11 is 4.19. The predicted molar refractivity (Wildman–Crippen MR) is 102 cm³/mol. The van der Waals surface area contributed by atoms with Crippen molar-refractivity contribution in [3.05, 3.63) is 82.9 Å². The minimum Gasteiger partial charge on any atom is -0.508 e. The van der Waals surface area contributed by atoms with E-state index in [1.54, 1.807) is 24.3 Å². The first-order valence-electron chi connectivity index (χ1n) is 8.39. The highest BCUT2D eigenvalue weighted by Gasteiger charge is 2.53. The molecule has 0 amide bonds. The largest absolute Gasteiger partial charge is 0.508 e. The lowest BCUT2D eigenvalue weighted by Crippen LogP contribution is -2.32. The molecule has 2 aliphatic rings. The highest BCUT2D eigenvalue weighted by atomic mass is 35.5. The van der Waals surface area contributed by atoms with Crippen molar-refractivity contribution in [2.45, 2.75) is 5.60 Å². The summed E-state index contributed by atoms with van der Waals surface area (Å²) in [6, 6.07) is 16.6. The van der Waals surface area contributed by atoms with Gasteiger partial charge >= 0.3 is 11.4 Å². The number of ether oxygens (including phenoxy) is 2.